The number of anilines is 1. The number of carbonyl (C=O) groups is 2. The zero-order chi connectivity index (χ0) is 15.9. The smallest absolute Gasteiger partial charge is 0.306 e. The fourth-order valence-electron chi connectivity index (χ4n) is 1.32. The second-order valence-corrected chi connectivity index (χ2v) is 10.3. The van der Waals surface area contributed by atoms with Crippen LogP contribution in [0.25, 0.3) is 0 Å². The molecule has 6 heteroatoms. The van der Waals surface area contributed by atoms with Crippen molar-refractivity contribution in [2.24, 2.45) is 0 Å². The first-order valence-corrected chi connectivity index (χ1v) is 10.2. The zero-order valence-corrected chi connectivity index (χ0v) is 13.8. The molecule has 0 saturated heterocycles. The minimum Gasteiger partial charge on any atom is -0.469 e. The lowest BCUT2D eigenvalue weighted by atomic mass is 10.3. The Kier molecular flexibility index (Phi) is 6.12. The third-order valence-corrected chi connectivity index (χ3v) is 3.27. The molecule has 0 aromatic carbocycles. The summed E-state index contributed by atoms with van der Waals surface area (Å²) in [5, 5.41) is 2.62. The van der Waals surface area contributed by atoms with Gasteiger partial charge in [0.2, 0.25) is 5.91 Å². The van der Waals surface area contributed by atoms with Gasteiger partial charge in [-0.2, -0.15) is 0 Å². The monoisotopic (exact) mass is 304 g/mol. The summed E-state index contributed by atoms with van der Waals surface area (Å²) < 4.78 is 4.47. The molecule has 0 aliphatic heterocycles. The van der Waals surface area contributed by atoms with Gasteiger partial charge in [-0.25, -0.2) is 4.98 Å². The number of pyridine rings is 1. The molecule has 112 valence electrons. The topological polar surface area (TPSA) is 68.3 Å². The number of nitrogens with one attached hydrogen (secondary N) is 1. The van der Waals surface area contributed by atoms with Gasteiger partial charge >= 0.3 is 5.97 Å². The van der Waals surface area contributed by atoms with E-state index in [1.54, 1.807) is 12.3 Å². The quantitative estimate of drug-likeness (QED) is 0.526. The SMILES string of the molecule is COC(=O)CCC(=O)Nc1ccc(C#C[Si](C)(C)C)cn1. The van der Waals surface area contributed by atoms with Crippen molar-refractivity contribution in [2.45, 2.75) is 32.5 Å². The van der Waals surface area contributed by atoms with E-state index in [9.17, 15) is 9.59 Å². The number of esters is 1. The van der Waals surface area contributed by atoms with Gasteiger partial charge in [0.25, 0.3) is 0 Å². The lowest BCUT2D eigenvalue weighted by molar-refractivity contribution is -0.141. The number of rotatable bonds is 4. The van der Waals surface area contributed by atoms with Gasteiger partial charge in [-0.3, -0.25) is 9.59 Å². The van der Waals surface area contributed by atoms with E-state index in [0.29, 0.717) is 5.82 Å². The largest absolute Gasteiger partial charge is 0.469 e. The number of methoxy groups -OCH3 is 1. The lowest BCUT2D eigenvalue weighted by Crippen LogP contribution is -2.16. The summed E-state index contributed by atoms with van der Waals surface area (Å²) in [5.41, 5.74) is 4.07. The van der Waals surface area contributed by atoms with Crippen LogP contribution in [-0.4, -0.2) is 32.0 Å². The van der Waals surface area contributed by atoms with E-state index in [1.807, 2.05) is 6.07 Å². The van der Waals surface area contributed by atoms with Crippen LogP contribution in [0.4, 0.5) is 5.82 Å². The van der Waals surface area contributed by atoms with Crippen LogP contribution < -0.4 is 5.32 Å². The molecule has 0 spiro atoms. The Labute approximate surface area is 126 Å². The van der Waals surface area contributed by atoms with Gasteiger partial charge in [0.1, 0.15) is 13.9 Å². The Morgan fingerprint density at radius 3 is 2.52 bits per heavy atom. The molecule has 1 amide bonds. The van der Waals surface area contributed by atoms with Crippen LogP contribution >= 0.6 is 0 Å². The molecular weight excluding hydrogens is 284 g/mol. The minimum atomic E-state index is -1.41. The van der Waals surface area contributed by atoms with E-state index in [-0.39, 0.29) is 18.7 Å². The van der Waals surface area contributed by atoms with E-state index in [4.69, 9.17) is 0 Å². The zero-order valence-electron chi connectivity index (χ0n) is 12.8. The highest BCUT2D eigenvalue weighted by atomic mass is 28.3. The normalized spacial score (nSPS) is 10.3. The van der Waals surface area contributed by atoms with Crippen molar-refractivity contribution in [1.29, 1.82) is 0 Å². The molecule has 0 aliphatic rings. The van der Waals surface area contributed by atoms with Crippen LogP contribution in [0.2, 0.25) is 19.6 Å². The predicted octanol–water partition coefficient (Wildman–Crippen LogP) is 2.20. The van der Waals surface area contributed by atoms with Crippen LogP contribution in [0.5, 0.6) is 0 Å². The number of ether oxygens (including phenoxy) is 1. The number of nitrogens with zero attached hydrogens (tertiary/aromatic N) is 1. The molecule has 1 rings (SSSR count). The summed E-state index contributed by atoms with van der Waals surface area (Å²) in [4.78, 5) is 26.7. The summed E-state index contributed by atoms with van der Waals surface area (Å²) in [6.45, 7) is 6.51. The van der Waals surface area contributed by atoms with Crippen molar-refractivity contribution < 1.29 is 14.3 Å². The predicted molar refractivity (Wildman–Crippen MR) is 84.3 cm³/mol. The van der Waals surface area contributed by atoms with Crippen molar-refractivity contribution in [3.05, 3.63) is 23.9 Å². The van der Waals surface area contributed by atoms with Gasteiger partial charge in [0.15, 0.2) is 0 Å². The third-order valence-electron chi connectivity index (χ3n) is 2.40. The number of hydrogen-bond acceptors (Lipinski definition) is 4. The van der Waals surface area contributed by atoms with E-state index >= 15 is 0 Å². The molecule has 1 heterocycles. The van der Waals surface area contributed by atoms with Crippen LogP contribution in [0.15, 0.2) is 18.3 Å². The minimum absolute atomic E-state index is 0.0576. The van der Waals surface area contributed by atoms with Gasteiger partial charge in [-0.05, 0) is 12.1 Å². The highest BCUT2D eigenvalue weighted by molar-refractivity contribution is 6.83. The summed E-state index contributed by atoms with van der Waals surface area (Å²) >= 11 is 0. The Morgan fingerprint density at radius 2 is 2.00 bits per heavy atom. The second-order valence-electron chi connectivity index (χ2n) is 5.56. The first-order chi connectivity index (χ1) is 9.80. The van der Waals surface area contributed by atoms with Crippen molar-refractivity contribution in [2.75, 3.05) is 12.4 Å². The maximum absolute atomic E-state index is 11.6. The number of carbonyl (C=O) groups excluding carboxylic acids is 2. The van der Waals surface area contributed by atoms with Gasteiger partial charge < -0.3 is 10.1 Å². The number of amides is 1. The first kappa shape index (κ1) is 16.9. The Balaban J connectivity index is 2.56. The molecule has 1 aromatic rings. The fraction of sp³-hybridized carbons (Fsp3) is 0.400. The van der Waals surface area contributed by atoms with Crippen LogP contribution in [0.1, 0.15) is 18.4 Å². The van der Waals surface area contributed by atoms with Gasteiger partial charge in [0.05, 0.1) is 13.5 Å². The third kappa shape index (κ3) is 7.27. The molecule has 1 aromatic heterocycles. The standard InChI is InChI=1S/C15H20N2O3Si/c1-20-15(19)8-7-14(18)17-13-6-5-12(11-16-13)9-10-21(2,3)4/h5-6,11H,7-8H2,1-4H3,(H,16,17,18). The van der Waals surface area contributed by atoms with Gasteiger partial charge in [0, 0.05) is 18.2 Å². The highest BCUT2D eigenvalue weighted by Crippen LogP contribution is 2.06. The molecule has 0 atom stereocenters. The van der Waals surface area contributed by atoms with Crippen LogP contribution in [-0.2, 0) is 14.3 Å². The number of hydrogen-bond donors (Lipinski definition) is 1. The van der Waals surface area contributed by atoms with E-state index in [2.05, 4.69) is 46.1 Å². The Bertz CT molecular complexity index is 565. The molecule has 0 saturated carbocycles. The van der Waals surface area contributed by atoms with Crippen molar-refractivity contribution in [1.82, 2.24) is 4.98 Å². The lowest BCUT2D eigenvalue weighted by Gasteiger charge is -2.05. The molecular formula is C15H20N2O3Si. The maximum Gasteiger partial charge on any atom is 0.306 e. The summed E-state index contributed by atoms with van der Waals surface area (Å²) in [5.74, 6) is 2.86. The molecule has 1 N–H and O–H groups in total. The van der Waals surface area contributed by atoms with E-state index in [0.717, 1.165) is 5.56 Å². The Hall–Kier alpha value is -2.13. The molecule has 5 nitrogen and oxygen atoms in total. The van der Waals surface area contributed by atoms with E-state index in [1.165, 1.54) is 7.11 Å². The average Bonchev–Trinajstić information content (AvgIpc) is 2.43. The first-order valence-electron chi connectivity index (χ1n) is 6.66. The average molecular weight is 304 g/mol. The maximum atomic E-state index is 11.6. The molecule has 0 unspecified atom stereocenters. The molecule has 0 radical (unpaired) electrons. The molecule has 0 bridgehead atoms. The summed E-state index contributed by atoms with van der Waals surface area (Å²) in [7, 11) is -0.114. The molecule has 0 fully saturated rings. The van der Waals surface area contributed by atoms with Crippen LogP contribution in [0.3, 0.4) is 0 Å². The highest BCUT2D eigenvalue weighted by Gasteiger charge is 2.08. The Morgan fingerprint density at radius 1 is 1.29 bits per heavy atom. The van der Waals surface area contributed by atoms with Gasteiger partial charge in [-0.15, -0.1) is 5.54 Å². The van der Waals surface area contributed by atoms with Crippen molar-refractivity contribution in [3.8, 4) is 11.5 Å². The van der Waals surface area contributed by atoms with E-state index < -0.39 is 14.0 Å². The van der Waals surface area contributed by atoms with Crippen molar-refractivity contribution >= 4 is 25.8 Å². The summed E-state index contributed by atoms with van der Waals surface area (Å²) in [6.07, 6.45) is 1.76. The second kappa shape index (κ2) is 7.60. The van der Waals surface area contributed by atoms with Crippen LogP contribution in [0, 0.1) is 11.5 Å². The fourth-order valence-corrected chi connectivity index (χ4v) is 1.84. The molecule has 21 heavy (non-hydrogen) atoms. The summed E-state index contributed by atoms with van der Waals surface area (Å²) in [6, 6.07) is 3.51. The van der Waals surface area contributed by atoms with Gasteiger partial charge in [-0.1, -0.05) is 25.6 Å². The number of aromatic nitrogens is 1. The molecule has 0 aliphatic carbocycles. The van der Waals surface area contributed by atoms with Crippen molar-refractivity contribution in [3.63, 3.8) is 0 Å².